The highest BCUT2D eigenvalue weighted by atomic mass is 19.4. The molecule has 1 N–H and O–H groups in total. The molecule has 0 bridgehead atoms. The predicted octanol–water partition coefficient (Wildman–Crippen LogP) is 6.66. The van der Waals surface area contributed by atoms with Crippen molar-refractivity contribution in [3.8, 4) is 17.4 Å². The van der Waals surface area contributed by atoms with Gasteiger partial charge in [-0.25, -0.2) is 0 Å². The predicted molar refractivity (Wildman–Crippen MR) is 115 cm³/mol. The molecule has 0 aliphatic carbocycles. The average Bonchev–Trinajstić information content (AvgIpc) is 3.26. The van der Waals surface area contributed by atoms with Crippen molar-refractivity contribution in [2.75, 3.05) is 5.32 Å². The maximum atomic E-state index is 13.0. The summed E-state index contributed by atoms with van der Waals surface area (Å²) in [4.78, 5) is 12.7. The van der Waals surface area contributed by atoms with Gasteiger partial charge in [-0.3, -0.25) is 4.79 Å². The number of carbonyl (C=O) groups excluding carboxylic acids is 1. The van der Waals surface area contributed by atoms with Crippen LogP contribution in [0.4, 0.5) is 18.9 Å². The normalized spacial score (nSPS) is 11.9. The number of amides is 1. The molecule has 4 nitrogen and oxygen atoms in total. The number of nitriles is 1. The van der Waals surface area contributed by atoms with E-state index < -0.39 is 17.6 Å². The maximum absolute atomic E-state index is 13.0. The third-order valence-corrected chi connectivity index (χ3v) is 4.79. The zero-order valence-electron chi connectivity index (χ0n) is 16.5. The van der Waals surface area contributed by atoms with Gasteiger partial charge in [-0.05, 0) is 35.7 Å². The second kappa shape index (κ2) is 8.44. The summed E-state index contributed by atoms with van der Waals surface area (Å²) in [7, 11) is 0. The van der Waals surface area contributed by atoms with Crippen molar-refractivity contribution in [1.82, 2.24) is 0 Å². The van der Waals surface area contributed by atoms with E-state index in [1.54, 1.807) is 12.1 Å². The Labute approximate surface area is 181 Å². The highest BCUT2D eigenvalue weighted by Crippen LogP contribution is 2.33. The molecule has 0 fully saturated rings. The number of hydrogen-bond acceptors (Lipinski definition) is 3. The Hall–Kier alpha value is -4.31. The molecule has 0 saturated heterocycles. The Bertz CT molecular complexity index is 1370. The lowest BCUT2D eigenvalue weighted by atomic mass is 10.1. The molecule has 0 spiro atoms. The summed E-state index contributed by atoms with van der Waals surface area (Å²) in [5, 5.41) is 13.9. The molecule has 32 heavy (non-hydrogen) atoms. The molecular formula is C25H15F3N2O2. The number of carbonyl (C=O) groups is 1. The number of rotatable bonds is 4. The Morgan fingerprint density at radius 3 is 2.50 bits per heavy atom. The van der Waals surface area contributed by atoms with Crippen molar-refractivity contribution >= 4 is 28.4 Å². The van der Waals surface area contributed by atoms with E-state index in [1.165, 1.54) is 30.3 Å². The van der Waals surface area contributed by atoms with Gasteiger partial charge in [0.2, 0.25) is 0 Å². The van der Waals surface area contributed by atoms with E-state index in [-0.39, 0.29) is 22.7 Å². The van der Waals surface area contributed by atoms with Crippen LogP contribution in [0.1, 0.15) is 11.3 Å². The third-order valence-electron chi connectivity index (χ3n) is 4.79. The summed E-state index contributed by atoms with van der Waals surface area (Å²) in [5.74, 6) is -0.267. The van der Waals surface area contributed by atoms with Gasteiger partial charge in [0.15, 0.2) is 0 Å². The Balaban J connectivity index is 1.59. The van der Waals surface area contributed by atoms with Gasteiger partial charge in [0.05, 0.1) is 5.56 Å². The number of anilines is 1. The van der Waals surface area contributed by atoms with E-state index in [0.29, 0.717) is 5.69 Å². The van der Waals surface area contributed by atoms with Gasteiger partial charge in [-0.2, -0.15) is 18.4 Å². The van der Waals surface area contributed by atoms with Crippen LogP contribution in [0.25, 0.3) is 28.2 Å². The number of nitrogens with one attached hydrogen (secondary N) is 1. The fraction of sp³-hybridized carbons (Fsp3) is 0.0400. The number of hydrogen-bond donors (Lipinski definition) is 1. The van der Waals surface area contributed by atoms with Gasteiger partial charge >= 0.3 is 6.18 Å². The number of furan rings is 1. The van der Waals surface area contributed by atoms with Crippen molar-refractivity contribution in [3.05, 3.63) is 95.8 Å². The summed E-state index contributed by atoms with van der Waals surface area (Å²) in [6.07, 6.45) is -3.23. The summed E-state index contributed by atoms with van der Waals surface area (Å²) >= 11 is 0. The van der Waals surface area contributed by atoms with E-state index in [0.717, 1.165) is 22.9 Å². The Kier molecular flexibility index (Phi) is 5.52. The van der Waals surface area contributed by atoms with Gasteiger partial charge in [-0.1, -0.05) is 48.5 Å². The number of benzene rings is 3. The van der Waals surface area contributed by atoms with Crippen molar-refractivity contribution in [2.45, 2.75) is 6.18 Å². The van der Waals surface area contributed by atoms with Crippen LogP contribution in [0.3, 0.4) is 0 Å². The van der Waals surface area contributed by atoms with E-state index in [9.17, 15) is 23.2 Å². The van der Waals surface area contributed by atoms with E-state index in [2.05, 4.69) is 5.32 Å². The van der Waals surface area contributed by atoms with Gasteiger partial charge in [-0.15, -0.1) is 0 Å². The SMILES string of the molecule is N#C/C(=C\c1ccc(-c2cccc(C(F)(F)F)c2)o1)C(=O)Nc1cccc2ccccc12. The molecule has 0 unspecified atom stereocenters. The second-order valence-electron chi connectivity index (χ2n) is 6.93. The van der Waals surface area contributed by atoms with E-state index >= 15 is 0 Å². The molecule has 7 heteroatoms. The molecule has 0 aliphatic rings. The molecule has 0 saturated carbocycles. The van der Waals surface area contributed by atoms with Crippen LogP contribution in [0.5, 0.6) is 0 Å². The van der Waals surface area contributed by atoms with Crippen LogP contribution in [-0.2, 0) is 11.0 Å². The monoisotopic (exact) mass is 432 g/mol. The topological polar surface area (TPSA) is 66.0 Å². The first-order chi connectivity index (χ1) is 15.3. The summed E-state index contributed by atoms with van der Waals surface area (Å²) in [6.45, 7) is 0. The molecular weight excluding hydrogens is 417 g/mol. The maximum Gasteiger partial charge on any atom is 0.416 e. The third kappa shape index (κ3) is 4.40. The van der Waals surface area contributed by atoms with Gasteiger partial charge < -0.3 is 9.73 Å². The van der Waals surface area contributed by atoms with Gasteiger partial charge in [0, 0.05) is 22.7 Å². The molecule has 0 radical (unpaired) electrons. The zero-order chi connectivity index (χ0) is 22.7. The van der Waals surface area contributed by atoms with Crippen LogP contribution in [-0.4, -0.2) is 5.91 Å². The van der Waals surface area contributed by atoms with Crippen molar-refractivity contribution in [2.24, 2.45) is 0 Å². The Morgan fingerprint density at radius 1 is 0.969 bits per heavy atom. The van der Waals surface area contributed by atoms with Crippen LogP contribution in [0.2, 0.25) is 0 Å². The molecule has 4 aromatic rings. The number of halogens is 3. The minimum Gasteiger partial charge on any atom is -0.457 e. The fourth-order valence-corrected chi connectivity index (χ4v) is 3.25. The number of fused-ring (bicyclic) bond motifs is 1. The molecule has 0 aliphatic heterocycles. The van der Waals surface area contributed by atoms with Crippen molar-refractivity contribution < 1.29 is 22.4 Å². The number of alkyl halides is 3. The highest BCUT2D eigenvalue weighted by Gasteiger charge is 2.30. The molecule has 0 atom stereocenters. The summed E-state index contributed by atoms with van der Waals surface area (Å²) in [6, 6.07) is 22.4. The standard InChI is InChI=1S/C25H15F3N2O2/c26-25(27,28)19-8-3-7-17(13-19)23-12-11-20(32-23)14-18(15-29)24(31)30-22-10-4-6-16-5-1-2-9-21(16)22/h1-14H,(H,30,31)/b18-14+. The van der Waals surface area contributed by atoms with Crippen LogP contribution in [0, 0.1) is 11.3 Å². The highest BCUT2D eigenvalue weighted by molar-refractivity contribution is 6.12. The van der Waals surface area contributed by atoms with Crippen LogP contribution in [0.15, 0.2) is 88.9 Å². The quantitative estimate of drug-likeness (QED) is 0.290. The van der Waals surface area contributed by atoms with E-state index in [4.69, 9.17) is 4.42 Å². The smallest absolute Gasteiger partial charge is 0.416 e. The van der Waals surface area contributed by atoms with Crippen LogP contribution >= 0.6 is 0 Å². The number of nitrogens with zero attached hydrogens (tertiary/aromatic N) is 1. The molecule has 3 aromatic carbocycles. The first kappa shape index (κ1) is 20.9. The summed E-state index contributed by atoms with van der Waals surface area (Å²) < 4.78 is 44.4. The van der Waals surface area contributed by atoms with Crippen molar-refractivity contribution in [3.63, 3.8) is 0 Å². The lowest BCUT2D eigenvalue weighted by Crippen LogP contribution is -2.13. The first-order valence-corrected chi connectivity index (χ1v) is 9.53. The summed E-state index contributed by atoms with van der Waals surface area (Å²) in [5.41, 5.74) is -0.213. The molecule has 4 rings (SSSR count). The lowest BCUT2D eigenvalue weighted by molar-refractivity contribution is -0.137. The first-order valence-electron chi connectivity index (χ1n) is 9.53. The fourth-order valence-electron chi connectivity index (χ4n) is 3.25. The average molecular weight is 432 g/mol. The van der Waals surface area contributed by atoms with Gasteiger partial charge in [0.1, 0.15) is 23.2 Å². The molecule has 158 valence electrons. The van der Waals surface area contributed by atoms with Crippen LogP contribution < -0.4 is 5.32 Å². The van der Waals surface area contributed by atoms with E-state index in [1.807, 2.05) is 36.4 Å². The Morgan fingerprint density at radius 2 is 1.72 bits per heavy atom. The zero-order valence-corrected chi connectivity index (χ0v) is 16.5. The van der Waals surface area contributed by atoms with Gasteiger partial charge in [0.25, 0.3) is 5.91 Å². The minimum absolute atomic E-state index is 0.169. The minimum atomic E-state index is -4.47. The second-order valence-corrected chi connectivity index (χ2v) is 6.93. The largest absolute Gasteiger partial charge is 0.457 e. The molecule has 1 aromatic heterocycles. The van der Waals surface area contributed by atoms with Crippen molar-refractivity contribution in [1.29, 1.82) is 5.26 Å². The lowest BCUT2D eigenvalue weighted by Gasteiger charge is -2.08. The molecule has 1 amide bonds. The molecule has 1 heterocycles.